The van der Waals surface area contributed by atoms with Gasteiger partial charge in [-0.2, -0.15) is 5.10 Å². The van der Waals surface area contributed by atoms with E-state index in [-0.39, 0.29) is 29.3 Å². The van der Waals surface area contributed by atoms with Crippen molar-refractivity contribution in [3.8, 4) is 40.0 Å². The first-order valence-corrected chi connectivity index (χ1v) is 15.5. The highest BCUT2D eigenvalue weighted by atomic mass is 35.5. The molecule has 2 aliphatic heterocycles. The highest BCUT2D eigenvalue weighted by Gasteiger charge is 2.54. The molecule has 0 unspecified atom stereocenters. The summed E-state index contributed by atoms with van der Waals surface area (Å²) in [6.07, 6.45) is 0.523. The van der Waals surface area contributed by atoms with Gasteiger partial charge in [0.1, 0.15) is 17.0 Å². The monoisotopic (exact) mass is 703 g/mol. The first-order chi connectivity index (χ1) is 22.6. The van der Waals surface area contributed by atoms with Crippen molar-refractivity contribution in [3.05, 3.63) is 68.0 Å². The molecule has 4 atom stereocenters. The second-order valence-electron chi connectivity index (χ2n) is 11.3. The number of hydrogen-bond donors (Lipinski definition) is 0. The van der Waals surface area contributed by atoms with Gasteiger partial charge in [-0.3, -0.25) is 9.48 Å². The maximum absolute atomic E-state index is 14.1. The summed E-state index contributed by atoms with van der Waals surface area (Å²) in [4.78, 5) is 27.6. The van der Waals surface area contributed by atoms with Crippen LogP contribution in [0.3, 0.4) is 0 Å². The highest BCUT2D eigenvalue weighted by molar-refractivity contribution is 6.42. The van der Waals surface area contributed by atoms with E-state index in [9.17, 15) is 9.59 Å². The Labute approximate surface area is 283 Å². The number of esters is 2. The van der Waals surface area contributed by atoms with E-state index >= 15 is 0 Å². The first kappa shape index (κ1) is 31.3. The molecule has 0 N–H and O–H groups in total. The topological polar surface area (TPSA) is 122 Å². The number of benzene rings is 2. The number of fused-ring (bicyclic) bond motifs is 3. The number of methoxy groups -OCH3 is 3. The molecule has 1 fully saturated rings. The quantitative estimate of drug-likeness (QED) is 0.213. The van der Waals surface area contributed by atoms with Gasteiger partial charge in [0.2, 0.25) is 12.5 Å². The molecule has 15 heteroatoms. The Morgan fingerprint density at radius 2 is 1.60 bits per heavy atom. The number of rotatable bonds is 7. The lowest BCUT2D eigenvalue weighted by Crippen LogP contribution is -2.36. The van der Waals surface area contributed by atoms with Crippen LogP contribution in [0.15, 0.2) is 30.5 Å². The van der Waals surface area contributed by atoms with Gasteiger partial charge in [-0.05, 0) is 35.4 Å². The van der Waals surface area contributed by atoms with E-state index in [1.165, 1.54) is 36.8 Å². The summed E-state index contributed by atoms with van der Waals surface area (Å²) in [5.74, 6) is -0.883. The lowest BCUT2D eigenvalue weighted by molar-refractivity contribution is -0.141. The Kier molecular flexibility index (Phi) is 7.85. The summed E-state index contributed by atoms with van der Waals surface area (Å²) in [5.41, 5.74) is 2.77. The molecule has 246 valence electrons. The lowest BCUT2D eigenvalue weighted by atomic mass is 9.66. The minimum atomic E-state index is -0.935. The zero-order valence-electron chi connectivity index (χ0n) is 25.8. The molecule has 4 aromatic rings. The second-order valence-corrected chi connectivity index (χ2v) is 12.4. The fraction of sp³-hybridized carbons (Fsp3) is 0.344. The molecule has 2 aromatic carbocycles. The third kappa shape index (κ3) is 4.76. The van der Waals surface area contributed by atoms with Crippen LogP contribution in [-0.2, 0) is 28.4 Å². The van der Waals surface area contributed by atoms with Gasteiger partial charge < -0.3 is 37.7 Å². The van der Waals surface area contributed by atoms with Gasteiger partial charge in [-0.25, -0.2) is 4.79 Å². The number of nitrogens with zero attached hydrogens (tertiary/aromatic N) is 3. The van der Waals surface area contributed by atoms with Gasteiger partial charge in [-0.15, -0.1) is 0 Å². The van der Waals surface area contributed by atoms with Crippen molar-refractivity contribution in [3.63, 3.8) is 0 Å². The van der Waals surface area contributed by atoms with Crippen molar-refractivity contribution in [1.29, 1.82) is 0 Å². The summed E-state index contributed by atoms with van der Waals surface area (Å²) < 4.78 is 43.1. The van der Waals surface area contributed by atoms with E-state index in [4.69, 9.17) is 68.0 Å². The van der Waals surface area contributed by atoms with E-state index in [1.807, 2.05) is 6.07 Å². The van der Waals surface area contributed by atoms with Crippen LogP contribution < -0.4 is 23.7 Å². The number of carbonyl (C=O) groups is 2. The third-order valence-corrected chi connectivity index (χ3v) is 10.1. The second kappa shape index (κ2) is 11.8. The van der Waals surface area contributed by atoms with Crippen molar-refractivity contribution in [1.82, 2.24) is 14.3 Å². The molecule has 1 aliphatic carbocycles. The van der Waals surface area contributed by atoms with Crippen LogP contribution in [0.5, 0.6) is 28.7 Å². The maximum Gasteiger partial charge on any atom is 0.357 e. The van der Waals surface area contributed by atoms with Crippen LogP contribution >= 0.6 is 34.8 Å². The molecule has 47 heavy (non-hydrogen) atoms. The van der Waals surface area contributed by atoms with E-state index < -0.39 is 35.8 Å². The molecule has 1 saturated heterocycles. The van der Waals surface area contributed by atoms with E-state index in [2.05, 4.69) is 5.10 Å². The van der Waals surface area contributed by atoms with Crippen molar-refractivity contribution >= 4 is 46.7 Å². The molecule has 2 aromatic heterocycles. The summed E-state index contributed by atoms with van der Waals surface area (Å²) in [5, 5.41) is 4.68. The van der Waals surface area contributed by atoms with Gasteiger partial charge in [0.15, 0.2) is 23.0 Å². The van der Waals surface area contributed by atoms with Crippen LogP contribution in [0.25, 0.3) is 11.3 Å². The zero-order valence-corrected chi connectivity index (χ0v) is 28.0. The predicted molar refractivity (Wildman–Crippen MR) is 169 cm³/mol. The zero-order chi connectivity index (χ0) is 33.3. The lowest BCUT2D eigenvalue weighted by Gasteiger charge is -2.38. The number of ether oxygens (including phenoxy) is 7. The van der Waals surface area contributed by atoms with Crippen molar-refractivity contribution < 1.29 is 42.7 Å². The summed E-state index contributed by atoms with van der Waals surface area (Å²) in [7, 11) is 7.83. The molecule has 7 rings (SSSR count). The van der Waals surface area contributed by atoms with Crippen LogP contribution in [0.2, 0.25) is 15.2 Å². The fourth-order valence-corrected chi connectivity index (χ4v) is 7.82. The average Bonchev–Trinajstić information content (AvgIpc) is 3.82. The summed E-state index contributed by atoms with van der Waals surface area (Å²) >= 11 is 19.9. The Hall–Kier alpha value is -4.26. The minimum absolute atomic E-state index is 0.000214. The highest BCUT2D eigenvalue weighted by Crippen LogP contribution is 2.57. The maximum atomic E-state index is 14.1. The first-order valence-electron chi connectivity index (χ1n) is 14.4. The van der Waals surface area contributed by atoms with E-state index in [0.29, 0.717) is 61.7 Å². The van der Waals surface area contributed by atoms with Gasteiger partial charge in [0.05, 0.1) is 61.4 Å². The van der Waals surface area contributed by atoms with Crippen molar-refractivity contribution in [2.75, 3.05) is 34.7 Å². The molecule has 0 radical (unpaired) electrons. The summed E-state index contributed by atoms with van der Waals surface area (Å²) in [6.45, 7) is 0.0248. The van der Waals surface area contributed by atoms with Gasteiger partial charge in [0.25, 0.3) is 0 Å². The normalized spacial score (nSPS) is 20.8. The molecule has 0 bridgehead atoms. The summed E-state index contributed by atoms with van der Waals surface area (Å²) in [6, 6.07) is 7.18. The van der Waals surface area contributed by atoms with Crippen LogP contribution in [0, 0.1) is 11.8 Å². The molecule has 12 nitrogen and oxygen atoms in total. The number of halogens is 3. The third-order valence-electron chi connectivity index (χ3n) is 8.99. The minimum Gasteiger partial charge on any atom is -0.493 e. The average molecular weight is 705 g/mol. The number of aromatic nitrogens is 3. The Balaban J connectivity index is 1.37. The van der Waals surface area contributed by atoms with Crippen LogP contribution in [-0.4, -0.2) is 61.0 Å². The van der Waals surface area contributed by atoms with Gasteiger partial charge in [0, 0.05) is 31.5 Å². The fourth-order valence-electron chi connectivity index (χ4n) is 6.86. The standard InChI is InChI=1S/C32H28Cl3N3O9/c1-37-27(25(34)24(30(37)35)26-17(33)10-36-38(26)2)32(40)47-28-15-9-19-18(45-12-46-19)8-14(15)22(23-16(28)11-44-31(23)39)13-6-20(41-3)29(43-5)21(7-13)42-4/h6-10,16,22-23,28H,11-12H2,1-5H3/t16-,22+,23+,28-/m0/s1. The SMILES string of the molecule is COc1cc([C@@H]2c3cc4c(cc3[C@H](OC(=O)c3c(Cl)c(-c5c(Cl)cnn5C)c(Cl)n3C)[C@H]3COC(=O)[C@@H]23)OCO4)cc(OC)c1OC. The van der Waals surface area contributed by atoms with Crippen molar-refractivity contribution in [2.24, 2.45) is 25.9 Å². The largest absolute Gasteiger partial charge is 0.493 e. The molecule has 4 heterocycles. The molecule has 0 amide bonds. The van der Waals surface area contributed by atoms with E-state index in [1.54, 1.807) is 32.3 Å². The molecule has 3 aliphatic rings. The molecule has 0 spiro atoms. The number of hydrogen-bond acceptors (Lipinski definition) is 10. The Bertz CT molecular complexity index is 1910. The predicted octanol–water partition coefficient (Wildman–Crippen LogP) is 5.97. The Morgan fingerprint density at radius 1 is 0.936 bits per heavy atom. The van der Waals surface area contributed by atoms with Crippen LogP contribution in [0.1, 0.15) is 39.2 Å². The van der Waals surface area contributed by atoms with Crippen molar-refractivity contribution in [2.45, 2.75) is 12.0 Å². The van der Waals surface area contributed by atoms with E-state index in [0.717, 1.165) is 0 Å². The van der Waals surface area contributed by atoms with Crippen LogP contribution in [0.4, 0.5) is 0 Å². The molecular formula is C32H28Cl3N3O9. The molecule has 0 saturated carbocycles. The molecular weight excluding hydrogens is 677 g/mol. The Morgan fingerprint density at radius 3 is 2.19 bits per heavy atom. The number of carbonyl (C=O) groups excluding carboxylic acids is 2. The smallest absolute Gasteiger partial charge is 0.357 e. The van der Waals surface area contributed by atoms with Gasteiger partial charge in [-0.1, -0.05) is 34.8 Å². The number of aryl methyl sites for hydroxylation is 1. The number of cyclic esters (lactones) is 1. The van der Waals surface area contributed by atoms with Gasteiger partial charge >= 0.3 is 11.9 Å².